The Morgan fingerprint density at radius 2 is 2.13 bits per heavy atom. The van der Waals surface area contributed by atoms with Crippen molar-refractivity contribution < 1.29 is 24.2 Å². The SMILES string of the molecule is CC(C)COC(=O)NCc1c(-c2ccc(O[C@H]3CCC[C@H](C(=O)O)C3)cn2)nnn1C. The van der Waals surface area contributed by atoms with Gasteiger partial charge >= 0.3 is 12.1 Å². The average molecular weight is 431 g/mol. The van der Waals surface area contributed by atoms with E-state index < -0.39 is 12.1 Å². The lowest BCUT2D eigenvalue weighted by molar-refractivity contribution is -0.143. The standard InChI is InChI=1S/C21H29N5O5/c1-13(2)12-30-21(29)23-11-18-19(24-25-26(18)3)17-8-7-16(10-22-17)31-15-6-4-5-14(9-15)20(27)28/h7-8,10,13-15H,4-6,9,11-12H2,1-3H3,(H,23,29)(H,27,28)/t14-,15-/m0/s1. The van der Waals surface area contributed by atoms with Crippen molar-refractivity contribution in [2.45, 2.75) is 52.2 Å². The van der Waals surface area contributed by atoms with Gasteiger partial charge < -0.3 is 19.9 Å². The Hall–Kier alpha value is -3.17. The number of aromatic nitrogens is 4. The smallest absolute Gasteiger partial charge is 0.407 e. The fraction of sp³-hybridized carbons (Fsp3) is 0.571. The maximum Gasteiger partial charge on any atom is 0.407 e. The lowest BCUT2D eigenvalue weighted by Gasteiger charge is -2.27. The van der Waals surface area contributed by atoms with E-state index in [1.165, 1.54) is 0 Å². The number of alkyl carbamates (subject to hydrolysis) is 1. The Balaban J connectivity index is 1.62. The highest BCUT2D eigenvalue weighted by molar-refractivity contribution is 5.70. The van der Waals surface area contributed by atoms with E-state index in [0.29, 0.717) is 42.3 Å². The number of aryl methyl sites for hydroxylation is 1. The molecule has 0 bridgehead atoms. The molecule has 0 unspecified atom stereocenters. The van der Waals surface area contributed by atoms with Gasteiger partial charge in [-0.3, -0.25) is 9.78 Å². The summed E-state index contributed by atoms with van der Waals surface area (Å²) >= 11 is 0. The normalized spacial score (nSPS) is 18.6. The predicted octanol–water partition coefficient (Wildman–Crippen LogP) is 2.78. The maximum absolute atomic E-state index is 11.8. The summed E-state index contributed by atoms with van der Waals surface area (Å²) in [4.78, 5) is 27.5. The van der Waals surface area contributed by atoms with E-state index in [2.05, 4.69) is 20.6 Å². The van der Waals surface area contributed by atoms with Crippen LogP contribution in [-0.4, -0.2) is 49.9 Å². The van der Waals surface area contributed by atoms with E-state index in [9.17, 15) is 14.7 Å². The topological polar surface area (TPSA) is 128 Å². The first-order valence-corrected chi connectivity index (χ1v) is 10.5. The Labute approximate surface area is 181 Å². The summed E-state index contributed by atoms with van der Waals surface area (Å²) in [5.41, 5.74) is 1.85. The molecule has 0 aromatic carbocycles. The molecule has 0 saturated heterocycles. The molecule has 10 heteroatoms. The van der Waals surface area contributed by atoms with Crippen LogP contribution in [-0.2, 0) is 23.1 Å². The number of hydrogen-bond acceptors (Lipinski definition) is 7. The van der Waals surface area contributed by atoms with Crippen LogP contribution in [0.15, 0.2) is 18.3 Å². The minimum Gasteiger partial charge on any atom is -0.489 e. The zero-order valence-corrected chi connectivity index (χ0v) is 18.1. The predicted molar refractivity (Wildman–Crippen MR) is 111 cm³/mol. The second-order valence-electron chi connectivity index (χ2n) is 8.17. The van der Waals surface area contributed by atoms with Crippen molar-refractivity contribution in [1.82, 2.24) is 25.3 Å². The Kier molecular flexibility index (Phi) is 7.43. The number of carbonyl (C=O) groups is 2. The van der Waals surface area contributed by atoms with Gasteiger partial charge in [0.25, 0.3) is 0 Å². The molecular formula is C21H29N5O5. The number of nitrogens with zero attached hydrogens (tertiary/aromatic N) is 4. The monoisotopic (exact) mass is 431 g/mol. The van der Waals surface area contributed by atoms with Gasteiger partial charge in [0.15, 0.2) is 0 Å². The van der Waals surface area contributed by atoms with Crippen LogP contribution in [0.2, 0.25) is 0 Å². The highest BCUT2D eigenvalue weighted by atomic mass is 16.5. The van der Waals surface area contributed by atoms with E-state index in [0.717, 1.165) is 12.8 Å². The molecule has 0 radical (unpaired) electrons. The zero-order chi connectivity index (χ0) is 22.4. The van der Waals surface area contributed by atoms with E-state index >= 15 is 0 Å². The summed E-state index contributed by atoms with van der Waals surface area (Å²) in [5.74, 6) is -0.277. The number of carboxylic acid groups (broad SMARTS) is 1. The van der Waals surface area contributed by atoms with Crippen LogP contribution in [0.3, 0.4) is 0 Å². The summed E-state index contributed by atoms with van der Waals surface area (Å²) in [7, 11) is 1.74. The van der Waals surface area contributed by atoms with Crippen molar-refractivity contribution in [1.29, 1.82) is 0 Å². The van der Waals surface area contributed by atoms with Gasteiger partial charge in [-0.2, -0.15) is 0 Å². The molecule has 0 spiro atoms. The first-order valence-electron chi connectivity index (χ1n) is 10.5. The Morgan fingerprint density at radius 3 is 2.81 bits per heavy atom. The quantitative estimate of drug-likeness (QED) is 0.653. The lowest BCUT2D eigenvalue weighted by Crippen LogP contribution is -2.29. The molecule has 3 rings (SSSR count). The first-order chi connectivity index (χ1) is 14.8. The molecule has 10 nitrogen and oxygen atoms in total. The third-order valence-corrected chi connectivity index (χ3v) is 5.15. The van der Waals surface area contributed by atoms with Crippen LogP contribution in [0, 0.1) is 11.8 Å². The highest BCUT2D eigenvalue weighted by Gasteiger charge is 2.28. The van der Waals surface area contributed by atoms with Crippen molar-refractivity contribution in [3.63, 3.8) is 0 Å². The summed E-state index contributed by atoms with van der Waals surface area (Å²) in [6, 6.07) is 3.56. The number of pyridine rings is 1. The van der Waals surface area contributed by atoms with E-state index in [1.807, 2.05) is 13.8 Å². The van der Waals surface area contributed by atoms with Crippen LogP contribution in [0.1, 0.15) is 45.2 Å². The second kappa shape index (κ2) is 10.2. The van der Waals surface area contributed by atoms with Crippen LogP contribution in [0.25, 0.3) is 11.4 Å². The molecule has 1 aliphatic carbocycles. The van der Waals surface area contributed by atoms with Crippen molar-refractivity contribution in [2.75, 3.05) is 6.61 Å². The van der Waals surface area contributed by atoms with E-state index in [-0.39, 0.29) is 24.5 Å². The largest absolute Gasteiger partial charge is 0.489 e. The number of ether oxygens (including phenoxy) is 2. The molecule has 31 heavy (non-hydrogen) atoms. The molecule has 2 heterocycles. The first kappa shape index (κ1) is 22.5. The summed E-state index contributed by atoms with van der Waals surface area (Å²) < 4.78 is 12.7. The molecule has 0 aliphatic heterocycles. The number of carbonyl (C=O) groups excluding carboxylic acids is 1. The third-order valence-electron chi connectivity index (χ3n) is 5.15. The molecule has 2 N–H and O–H groups in total. The molecule has 2 atom stereocenters. The average Bonchev–Trinajstić information content (AvgIpc) is 3.11. The van der Waals surface area contributed by atoms with Crippen LogP contribution >= 0.6 is 0 Å². The van der Waals surface area contributed by atoms with Gasteiger partial charge in [-0.05, 0) is 43.7 Å². The van der Waals surface area contributed by atoms with Crippen LogP contribution in [0.4, 0.5) is 4.79 Å². The van der Waals surface area contributed by atoms with Crippen molar-refractivity contribution in [2.24, 2.45) is 18.9 Å². The van der Waals surface area contributed by atoms with Gasteiger partial charge in [-0.15, -0.1) is 5.10 Å². The van der Waals surface area contributed by atoms with Crippen molar-refractivity contribution in [3.05, 3.63) is 24.0 Å². The number of aliphatic carboxylic acids is 1. The zero-order valence-electron chi connectivity index (χ0n) is 18.1. The van der Waals surface area contributed by atoms with Gasteiger partial charge in [0.2, 0.25) is 0 Å². The molecule has 1 fully saturated rings. The van der Waals surface area contributed by atoms with Gasteiger partial charge in [0, 0.05) is 7.05 Å². The number of amides is 1. The molecule has 1 saturated carbocycles. The molecule has 1 amide bonds. The Morgan fingerprint density at radius 1 is 1.32 bits per heavy atom. The van der Waals surface area contributed by atoms with Crippen LogP contribution < -0.4 is 10.1 Å². The summed E-state index contributed by atoms with van der Waals surface area (Å²) in [5, 5.41) is 20.1. The van der Waals surface area contributed by atoms with Gasteiger partial charge in [-0.1, -0.05) is 19.1 Å². The molecule has 2 aromatic heterocycles. The molecule has 1 aliphatic rings. The van der Waals surface area contributed by atoms with Crippen LogP contribution in [0.5, 0.6) is 5.75 Å². The minimum atomic E-state index is -0.765. The number of rotatable bonds is 8. The summed E-state index contributed by atoms with van der Waals surface area (Å²) in [6.45, 7) is 4.48. The third kappa shape index (κ3) is 6.16. The number of hydrogen-bond donors (Lipinski definition) is 2. The highest BCUT2D eigenvalue weighted by Crippen LogP contribution is 2.28. The van der Waals surface area contributed by atoms with E-state index in [4.69, 9.17) is 9.47 Å². The van der Waals surface area contributed by atoms with Gasteiger partial charge in [0.05, 0.1) is 42.8 Å². The molecule has 2 aromatic rings. The van der Waals surface area contributed by atoms with Gasteiger partial charge in [-0.25, -0.2) is 9.48 Å². The van der Waals surface area contributed by atoms with Crippen molar-refractivity contribution in [3.8, 4) is 17.1 Å². The van der Waals surface area contributed by atoms with E-state index in [1.54, 1.807) is 30.1 Å². The fourth-order valence-corrected chi connectivity index (χ4v) is 3.48. The van der Waals surface area contributed by atoms with Crippen molar-refractivity contribution >= 4 is 12.1 Å². The maximum atomic E-state index is 11.8. The Bertz CT molecular complexity index is 896. The summed E-state index contributed by atoms with van der Waals surface area (Å²) in [6.07, 6.45) is 3.84. The van der Waals surface area contributed by atoms with Gasteiger partial charge in [0.1, 0.15) is 11.4 Å². The minimum absolute atomic E-state index is 0.129. The fourth-order valence-electron chi connectivity index (χ4n) is 3.48. The second-order valence-corrected chi connectivity index (χ2v) is 8.17. The number of nitrogens with one attached hydrogen (secondary N) is 1. The number of carboxylic acids is 1. The molecule has 168 valence electrons. The lowest BCUT2D eigenvalue weighted by atomic mass is 9.87. The molecular weight excluding hydrogens is 402 g/mol.